The van der Waals surface area contributed by atoms with Crippen LogP contribution in [0.2, 0.25) is 0 Å². The largest absolute Gasteiger partial charge is 0.490 e. The van der Waals surface area contributed by atoms with Gasteiger partial charge in [0, 0.05) is 32.7 Å². The Morgan fingerprint density at radius 3 is 2.43 bits per heavy atom. The van der Waals surface area contributed by atoms with Crippen molar-refractivity contribution in [1.29, 1.82) is 0 Å². The highest BCUT2D eigenvalue weighted by Gasteiger charge is 2.24. The Hall–Kier alpha value is -2.44. The van der Waals surface area contributed by atoms with Gasteiger partial charge < -0.3 is 25.0 Å². The predicted octanol–water partition coefficient (Wildman–Crippen LogP) is 3.68. The Morgan fingerprint density at radius 1 is 1.10 bits per heavy atom. The lowest BCUT2D eigenvalue weighted by atomic mass is 9.98. The molecule has 0 spiro atoms. The monoisotopic (exact) mass is 416 g/mol. The molecule has 0 atom stereocenters. The van der Waals surface area contributed by atoms with Crippen molar-refractivity contribution in [3.8, 4) is 5.75 Å². The molecule has 1 heterocycles. The van der Waals surface area contributed by atoms with E-state index >= 15 is 0 Å². The molecule has 166 valence electrons. The molecule has 0 bridgehead atoms. The number of nitrogens with zero attached hydrogens (tertiary/aromatic N) is 2. The number of guanidine groups is 1. The fourth-order valence-electron chi connectivity index (χ4n) is 4.06. The predicted molar refractivity (Wildman–Crippen MR) is 119 cm³/mol. The van der Waals surface area contributed by atoms with Crippen molar-refractivity contribution in [3.63, 3.8) is 0 Å². The minimum Gasteiger partial charge on any atom is -0.490 e. The zero-order chi connectivity index (χ0) is 21.2. The average molecular weight is 417 g/mol. The first-order valence-corrected chi connectivity index (χ1v) is 11.3. The van der Waals surface area contributed by atoms with Crippen molar-refractivity contribution in [1.82, 2.24) is 15.5 Å². The molecule has 0 aromatic heterocycles. The third kappa shape index (κ3) is 6.82. The van der Waals surface area contributed by atoms with Crippen LogP contribution >= 0.6 is 0 Å². The molecule has 1 amide bonds. The minimum atomic E-state index is -0.214. The second kappa shape index (κ2) is 11.7. The molecule has 1 aliphatic heterocycles. The van der Waals surface area contributed by atoms with E-state index in [1.165, 1.54) is 37.7 Å². The van der Waals surface area contributed by atoms with E-state index in [2.05, 4.69) is 39.9 Å². The SMILES string of the molecule is CCOC(=O)N1CCC(NC(=NC)NCc2ccc(OC3CCCCC3)cc2)CC1. The number of amides is 1. The van der Waals surface area contributed by atoms with Crippen molar-refractivity contribution in [2.75, 3.05) is 26.7 Å². The third-order valence-corrected chi connectivity index (χ3v) is 5.82. The number of hydrogen-bond acceptors (Lipinski definition) is 4. The first kappa shape index (κ1) is 22.2. The van der Waals surface area contributed by atoms with E-state index in [-0.39, 0.29) is 6.09 Å². The first-order valence-electron chi connectivity index (χ1n) is 11.3. The summed E-state index contributed by atoms with van der Waals surface area (Å²) in [5.74, 6) is 1.74. The molecule has 2 N–H and O–H groups in total. The lowest BCUT2D eigenvalue weighted by Gasteiger charge is -2.32. The number of hydrogen-bond donors (Lipinski definition) is 2. The Bertz CT molecular complexity index is 678. The quantitative estimate of drug-likeness (QED) is 0.547. The fourth-order valence-corrected chi connectivity index (χ4v) is 4.06. The summed E-state index contributed by atoms with van der Waals surface area (Å²) in [5.41, 5.74) is 1.19. The Labute approximate surface area is 180 Å². The number of rotatable bonds is 6. The topological polar surface area (TPSA) is 75.2 Å². The van der Waals surface area contributed by atoms with Gasteiger partial charge in [0.15, 0.2) is 5.96 Å². The van der Waals surface area contributed by atoms with Gasteiger partial charge in [-0.15, -0.1) is 0 Å². The highest BCUT2D eigenvalue weighted by Crippen LogP contribution is 2.23. The van der Waals surface area contributed by atoms with E-state index in [9.17, 15) is 4.79 Å². The second-order valence-corrected chi connectivity index (χ2v) is 8.05. The lowest BCUT2D eigenvalue weighted by Crippen LogP contribution is -2.49. The molecule has 1 saturated carbocycles. The molecule has 7 nitrogen and oxygen atoms in total. The van der Waals surface area contributed by atoms with Gasteiger partial charge in [-0.3, -0.25) is 4.99 Å². The minimum absolute atomic E-state index is 0.214. The summed E-state index contributed by atoms with van der Waals surface area (Å²) in [6.07, 6.45) is 8.16. The van der Waals surface area contributed by atoms with Gasteiger partial charge in [0.25, 0.3) is 0 Å². The molecule has 1 saturated heterocycles. The van der Waals surface area contributed by atoms with Gasteiger partial charge >= 0.3 is 6.09 Å². The molecule has 7 heteroatoms. The van der Waals surface area contributed by atoms with Gasteiger partial charge in [-0.1, -0.05) is 18.6 Å². The third-order valence-electron chi connectivity index (χ3n) is 5.82. The molecule has 1 aromatic carbocycles. The smallest absolute Gasteiger partial charge is 0.409 e. The van der Waals surface area contributed by atoms with Crippen LogP contribution in [0.3, 0.4) is 0 Å². The van der Waals surface area contributed by atoms with E-state index in [0.29, 0.717) is 38.4 Å². The maximum atomic E-state index is 11.8. The molecule has 0 radical (unpaired) electrons. The van der Waals surface area contributed by atoms with Crippen molar-refractivity contribution in [2.24, 2.45) is 4.99 Å². The van der Waals surface area contributed by atoms with Crippen LogP contribution in [0.25, 0.3) is 0 Å². The number of benzene rings is 1. The van der Waals surface area contributed by atoms with Crippen LogP contribution in [0.4, 0.5) is 4.79 Å². The van der Waals surface area contributed by atoms with E-state index in [1.54, 1.807) is 11.9 Å². The lowest BCUT2D eigenvalue weighted by molar-refractivity contribution is 0.0963. The summed E-state index contributed by atoms with van der Waals surface area (Å²) in [6, 6.07) is 8.64. The summed E-state index contributed by atoms with van der Waals surface area (Å²) in [7, 11) is 1.78. The van der Waals surface area contributed by atoms with E-state index in [1.807, 2.05) is 6.92 Å². The normalized spacial score (nSPS) is 18.7. The van der Waals surface area contributed by atoms with Crippen LogP contribution in [0.1, 0.15) is 57.4 Å². The summed E-state index contributed by atoms with van der Waals surface area (Å²) >= 11 is 0. The van der Waals surface area contributed by atoms with Gasteiger partial charge in [-0.2, -0.15) is 0 Å². The van der Waals surface area contributed by atoms with Crippen LogP contribution < -0.4 is 15.4 Å². The van der Waals surface area contributed by atoms with Crippen molar-refractivity contribution >= 4 is 12.1 Å². The van der Waals surface area contributed by atoms with Crippen LogP contribution in [0.5, 0.6) is 5.75 Å². The summed E-state index contributed by atoms with van der Waals surface area (Å²) in [6.45, 7) is 4.36. The van der Waals surface area contributed by atoms with Crippen LogP contribution in [0, 0.1) is 0 Å². The maximum absolute atomic E-state index is 11.8. The summed E-state index contributed by atoms with van der Waals surface area (Å²) in [5, 5.41) is 6.85. The first-order chi connectivity index (χ1) is 14.7. The van der Waals surface area contributed by atoms with Gasteiger partial charge in [0.05, 0.1) is 12.7 Å². The molecule has 1 aliphatic carbocycles. The molecule has 2 aliphatic rings. The number of likely N-dealkylation sites (tertiary alicyclic amines) is 1. The van der Waals surface area contributed by atoms with Gasteiger partial charge in [-0.05, 0) is 63.1 Å². The van der Waals surface area contributed by atoms with E-state index in [0.717, 1.165) is 24.6 Å². The van der Waals surface area contributed by atoms with Gasteiger partial charge in [0.2, 0.25) is 0 Å². The van der Waals surface area contributed by atoms with Crippen molar-refractivity contribution < 1.29 is 14.3 Å². The van der Waals surface area contributed by atoms with Crippen molar-refractivity contribution in [3.05, 3.63) is 29.8 Å². The highest BCUT2D eigenvalue weighted by atomic mass is 16.6. The van der Waals surface area contributed by atoms with Crippen LogP contribution in [-0.4, -0.2) is 55.8 Å². The summed E-state index contributed by atoms with van der Waals surface area (Å²) in [4.78, 5) is 17.9. The zero-order valence-corrected chi connectivity index (χ0v) is 18.4. The molecule has 3 rings (SSSR count). The number of aliphatic imine (C=N–C) groups is 1. The molecule has 1 aromatic rings. The standard InChI is InChI=1S/C23H36N4O3/c1-3-29-23(28)27-15-13-19(14-16-27)26-22(24-2)25-17-18-9-11-21(12-10-18)30-20-7-5-4-6-8-20/h9-12,19-20H,3-8,13-17H2,1-2H3,(H2,24,25,26). The number of nitrogens with one attached hydrogen (secondary N) is 2. The van der Waals surface area contributed by atoms with Crippen LogP contribution in [-0.2, 0) is 11.3 Å². The molecule has 2 fully saturated rings. The number of ether oxygens (including phenoxy) is 2. The maximum Gasteiger partial charge on any atom is 0.409 e. The molecular formula is C23H36N4O3. The van der Waals surface area contributed by atoms with E-state index < -0.39 is 0 Å². The van der Waals surface area contributed by atoms with Gasteiger partial charge in [-0.25, -0.2) is 4.79 Å². The zero-order valence-electron chi connectivity index (χ0n) is 18.4. The molecule has 30 heavy (non-hydrogen) atoms. The highest BCUT2D eigenvalue weighted by molar-refractivity contribution is 5.80. The Balaban J connectivity index is 1.39. The average Bonchev–Trinajstić information content (AvgIpc) is 2.79. The number of carbonyl (C=O) groups excluding carboxylic acids is 1. The van der Waals surface area contributed by atoms with Gasteiger partial charge in [0.1, 0.15) is 5.75 Å². The van der Waals surface area contributed by atoms with E-state index in [4.69, 9.17) is 9.47 Å². The molecular weight excluding hydrogens is 380 g/mol. The second-order valence-electron chi connectivity index (χ2n) is 8.05. The number of piperidine rings is 1. The molecule has 0 unspecified atom stereocenters. The van der Waals surface area contributed by atoms with Crippen LogP contribution in [0.15, 0.2) is 29.3 Å². The summed E-state index contributed by atoms with van der Waals surface area (Å²) < 4.78 is 11.2. The number of carbonyl (C=O) groups is 1. The Kier molecular flexibility index (Phi) is 8.66. The fraction of sp³-hybridized carbons (Fsp3) is 0.652. The van der Waals surface area contributed by atoms with Crippen molar-refractivity contribution in [2.45, 2.75) is 70.6 Å². The Morgan fingerprint density at radius 2 is 1.80 bits per heavy atom.